The summed E-state index contributed by atoms with van der Waals surface area (Å²) < 4.78 is 1.71. The van der Waals surface area contributed by atoms with Gasteiger partial charge in [0.2, 0.25) is 5.95 Å². The molecule has 3 heterocycles. The van der Waals surface area contributed by atoms with Gasteiger partial charge in [-0.15, -0.1) is 0 Å². The number of anilines is 2. The van der Waals surface area contributed by atoms with Crippen LogP contribution >= 0.6 is 0 Å². The van der Waals surface area contributed by atoms with Crippen molar-refractivity contribution in [3.8, 4) is 0 Å². The Morgan fingerprint density at radius 1 is 1.14 bits per heavy atom. The van der Waals surface area contributed by atoms with Crippen LogP contribution in [0.1, 0.15) is 60.1 Å². The second-order valence-corrected chi connectivity index (χ2v) is 7.45. The third-order valence-electron chi connectivity index (χ3n) is 5.40. The van der Waals surface area contributed by atoms with Gasteiger partial charge in [-0.25, -0.2) is 9.97 Å². The molecule has 7 heteroatoms. The second kappa shape index (κ2) is 7.14. The number of nitrogens with one attached hydrogen (secondary N) is 1. The largest absolute Gasteiger partial charge is 0.309 e. The van der Waals surface area contributed by atoms with Gasteiger partial charge in [0, 0.05) is 23.8 Å². The molecule has 0 amide bonds. The minimum absolute atomic E-state index is 0.0638. The summed E-state index contributed by atoms with van der Waals surface area (Å²) in [6.07, 6.45) is 7.44. The highest BCUT2D eigenvalue weighted by atomic mass is 16.1. The highest BCUT2D eigenvalue weighted by molar-refractivity contribution is 5.99. The number of carbonyl (C=O) groups is 1. The van der Waals surface area contributed by atoms with Crippen molar-refractivity contribution in [1.29, 1.82) is 0 Å². The molecule has 3 aromatic heterocycles. The lowest BCUT2D eigenvalue weighted by Crippen LogP contribution is -2.30. The first kappa shape index (κ1) is 18.3. The van der Waals surface area contributed by atoms with Gasteiger partial charge < -0.3 is 5.32 Å². The number of ketones is 1. The topological polar surface area (TPSA) is 89.8 Å². The number of rotatable bonds is 4. The first-order valence-electron chi connectivity index (χ1n) is 9.58. The predicted octanol–water partition coefficient (Wildman–Crippen LogP) is 3.86. The van der Waals surface area contributed by atoms with Crippen molar-refractivity contribution in [2.45, 2.75) is 52.5 Å². The molecule has 0 spiro atoms. The predicted molar refractivity (Wildman–Crippen MR) is 108 cm³/mol. The maximum Gasteiger partial charge on any atom is 0.263 e. The zero-order valence-corrected chi connectivity index (χ0v) is 16.3. The van der Waals surface area contributed by atoms with Crippen molar-refractivity contribution in [2.75, 3.05) is 5.32 Å². The van der Waals surface area contributed by atoms with Crippen LogP contribution in [0.15, 0.2) is 29.3 Å². The van der Waals surface area contributed by atoms with E-state index in [1.165, 1.54) is 6.92 Å². The Hall–Kier alpha value is -3.09. The highest BCUT2D eigenvalue weighted by Crippen LogP contribution is 2.32. The first-order chi connectivity index (χ1) is 13.5. The van der Waals surface area contributed by atoms with Crippen LogP contribution in [-0.4, -0.2) is 25.3 Å². The number of carbonyl (C=O) groups excluding carboxylic acids is 1. The van der Waals surface area contributed by atoms with E-state index in [1.807, 2.05) is 19.1 Å². The maximum absolute atomic E-state index is 13.2. The summed E-state index contributed by atoms with van der Waals surface area (Å²) in [5, 5.41) is 3.84. The normalized spacial score (nSPS) is 14.5. The van der Waals surface area contributed by atoms with E-state index in [4.69, 9.17) is 0 Å². The number of hydrogen-bond acceptors (Lipinski definition) is 6. The molecule has 0 aromatic carbocycles. The van der Waals surface area contributed by atoms with E-state index in [0.717, 1.165) is 36.6 Å². The van der Waals surface area contributed by atoms with Gasteiger partial charge >= 0.3 is 0 Å². The van der Waals surface area contributed by atoms with Crippen LogP contribution in [0.4, 0.5) is 11.8 Å². The van der Waals surface area contributed by atoms with Crippen molar-refractivity contribution in [2.24, 2.45) is 0 Å². The molecule has 7 nitrogen and oxygen atoms in total. The van der Waals surface area contributed by atoms with Gasteiger partial charge in [-0.2, -0.15) is 4.98 Å². The van der Waals surface area contributed by atoms with Gasteiger partial charge in [0.1, 0.15) is 11.5 Å². The highest BCUT2D eigenvalue weighted by Gasteiger charge is 2.25. The minimum atomic E-state index is -0.248. The number of fused-ring (bicyclic) bond motifs is 1. The molecular formula is C21H23N5O2. The summed E-state index contributed by atoms with van der Waals surface area (Å²) in [4.78, 5) is 38.7. The Bertz CT molecular complexity index is 1110. The van der Waals surface area contributed by atoms with Gasteiger partial charge in [0.15, 0.2) is 5.78 Å². The zero-order valence-electron chi connectivity index (χ0n) is 16.3. The lowest BCUT2D eigenvalue weighted by molar-refractivity contribution is 0.101. The molecule has 144 valence electrons. The monoisotopic (exact) mass is 377 g/mol. The van der Waals surface area contributed by atoms with Crippen molar-refractivity contribution in [1.82, 2.24) is 19.5 Å². The summed E-state index contributed by atoms with van der Waals surface area (Å²) in [6, 6.07) is 3.87. The number of Topliss-reactive ketones (excluding diaryl/α,β-unsaturated/α-hetero) is 1. The van der Waals surface area contributed by atoms with E-state index in [0.29, 0.717) is 23.0 Å². The van der Waals surface area contributed by atoms with E-state index in [-0.39, 0.29) is 22.9 Å². The molecule has 3 aromatic rings. The van der Waals surface area contributed by atoms with Crippen LogP contribution in [0.2, 0.25) is 0 Å². The van der Waals surface area contributed by atoms with E-state index in [9.17, 15) is 9.59 Å². The van der Waals surface area contributed by atoms with Crippen LogP contribution in [-0.2, 0) is 0 Å². The third kappa shape index (κ3) is 3.17. The van der Waals surface area contributed by atoms with Crippen LogP contribution in [0.3, 0.4) is 0 Å². The summed E-state index contributed by atoms with van der Waals surface area (Å²) in [6.45, 7) is 5.20. The van der Waals surface area contributed by atoms with E-state index < -0.39 is 0 Å². The molecule has 0 bridgehead atoms. The number of nitrogens with zero attached hydrogens (tertiary/aromatic N) is 4. The summed E-state index contributed by atoms with van der Waals surface area (Å²) >= 11 is 0. The number of aryl methyl sites for hydroxylation is 2. The molecule has 1 aliphatic rings. The smallest absolute Gasteiger partial charge is 0.263 e. The Balaban J connectivity index is 1.90. The lowest BCUT2D eigenvalue weighted by atomic mass is 10.0. The molecule has 0 aliphatic heterocycles. The third-order valence-corrected chi connectivity index (χ3v) is 5.40. The van der Waals surface area contributed by atoms with Gasteiger partial charge in [-0.3, -0.25) is 14.2 Å². The molecule has 1 aliphatic carbocycles. The van der Waals surface area contributed by atoms with E-state index in [2.05, 4.69) is 20.3 Å². The molecular weight excluding hydrogens is 354 g/mol. The standard InChI is InChI=1S/C21H23N5O2/c1-12-8-9-17(22-10-12)24-21-23-11-16-13(2)18(14(3)27)20(28)26(19(16)25-21)15-6-4-5-7-15/h8-11,15H,4-7H2,1-3H3,(H,22,23,24,25). The van der Waals surface area contributed by atoms with Gasteiger partial charge in [0.25, 0.3) is 5.56 Å². The molecule has 0 radical (unpaired) electrons. The van der Waals surface area contributed by atoms with Gasteiger partial charge in [-0.05, 0) is 50.8 Å². The fourth-order valence-electron chi connectivity index (χ4n) is 3.97. The average molecular weight is 377 g/mol. The van der Waals surface area contributed by atoms with Crippen molar-refractivity contribution < 1.29 is 4.79 Å². The average Bonchev–Trinajstić information content (AvgIpc) is 3.17. The Labute approximate surface area is 162 Å². The quantitative estimate of drug-likeness (QED) is 0.694. The molecule has 0 unspecified atom stereocenters. The number of aromatic nitrogens is 4. The van der Waals surface area contributed by atoms with Gasteiger partial charge in [-0.1, -0.05) is 18.9 Å². The molecule has 1 saturated carbocycles. The molecule has 0 atom stereocenters. The Morgan fingerprint density at radius 2 is 1.89 bits per heavy atom. The molecule has 4 rings (SSSR count). The van der Waals surface area contributed by atoms with E-state index in [1.54, 1.807) is 23.9 Å². The Morgan fingerprint density at radius 3 is 2.54 bits per heavy atom. The SMILES string of the molecule is CC(=O)c1c(C)c2cnc(Nc3ccc(C)cn3)nc2n(C2CCCC2)c1=O. The summed E-state index contributed by atoms with van der Waals surface area (Å²) in [7, 11) is 0. The van der Waals surface area contributed by atoms with Gasteiger partial charge in [0.05, 0.1) is 5.56 Å². The zero-order chi connectivity index (χ0) is 19.8. The van der Waals surface area contributed by atoms with Crippen LogP contribution in [0.5, 0.6) is 0 Å². The van der Waals surface area contributed by atoms with Crippen molar-refractivity contribution in [3.05, 3.63) is 51.6 Å². The molecule has 0 saturated heterocycles. The molecule has 28 heavy (non-hydrogen) atoms. The van der Waals surface area contributed by atoms with E-state index >= 15 is 0 Å². The summed E-state index contributed by atoms with van der Waals surface area (Å²) in [5.41, 5.74) is 2.27. The fourth-order valence-corrected chi connectivity index (χ4v) is 3.97. The Kier molecular flexibility index (Phi) is 4.66. The number of hydrogen-bond donors (Lipinski definition) is 1. The van der Waals surface area contributed by atoms with Crippen molar-refractivity contribution in [3.63, 3.8) is 0 Å². The van der Waals surface area contributed by atoms with Crippen LogP contribution < -0.4 is 10.9 Å². The molecule has 1 fully saturated rings. The van der Waals surface area contributed by atoms with Crippen molar-refractivity contribution >= 4 is 28.6 Å². The first-order valence-corrected chi connectivity index (χ1v) is 9.58. The number of pyridine rings is 2. The van der Waals surface area contributed by atoms with Crippen LogP contribution in [0, 0.1) is 13.8 Å². The summed E-state index contributed by atoms with van der Waals surface area (Å²) in [5.74, 6) is 0.795. The minimum Gasteiger partial charge on any atom is -0.309 e. The second-order valence-electron chi connectivity index (χ2n) is 7.45. The lowest BCUT2D eigenvalue weighted by Gasteiger charge is -2.19. The van der Waals surface area contributed by atoms with Crippen LogP contribution in [0.25, 0.3) is 11.0 Å². The molecule has 1 N–H and O–H groups in total. The maximum atomic E-state index is 13.2. The fraction of sp³-hybridized carbons (Fsp3) is 0.381.